The van der Waals surface area contributed by atoms with Crippen LogP contribution in [0.25, 0.3) is 0 Å². The van der Waals surface area contributed by atoms with Gasteiger partial charge < -0.3 is 14.4 Å². The van der Waals surface area contributed by atoms with E-state index in [0.29, 0.717) is 18.9 Å². The lowest BCUT2D eigenvalue weighted by Gasteiger charge is -2.37. The summed E-state index contributed by atoms with van der Waals surface area (Å²) < 4.78 is 49.5. The number of rotatable bonds is 7. The zero-order valence-corrected chi connectivity index (χ0v) is 20.5. The number of benzene rings is 2. The van der Waals surface area contributed by atoms with Gasteiger partial charge in [-0.05, 0) is 75.6 Å². The molecule has 5 nitrogen and oxygen atoms in total. The molecular weight excluding hydrogens is 445 g/mol. The van der Waals surface area contributed by atoms with Crippen LogP contribution in [0.5, 0.6) is 5.75 Å². The molecule has 0 atom stereocenters. The third-order valence-electron chi connectivity index (χ3n) is 5.99. The number of alkyl halides is 3. The van der Waals surface area contributed by atoms with Gasteiger partial charge in [-0.3, -0.25) is 4.90 Å². The average molecular weight is 479 g/mol. The van der Waals surface area contributed by atoms with Crippen LogP contribution in [0.3, 0.4) is 0 Å². The summed E-state index contributed by atoms with van der Waals surface area (Å²) in [5.74, 6) is 0.282. The van der Waals surface area contributed by atoms with E-state index in [0.717, 1.165) is 60.7 Å². The normalized spacial score (nSPS) is 15.4. The molecule has 2 aromatic rings. The monoisotopic (exact) mass is 478 g/mol. The maximum atomic E-state index is 12.8. The lowest BCUT2D eigenvalue weighted by atomic mass is 10.1. The summed E-state index contributed by atoms with van der Waals surface area (Å²) in [5, 5.41) is 0. The van der Waals surface area contributed by atoms with E-state index < -0.39 is 23.3 Å². The second kappa shape index (κ2) is 10.3. The highest BCUT2D eigenvalue weighted by atomic mass is 19.4. The van der Waals surface area contributed by atoms with Crippen molar-refractivity contribution in [3.05, 3.63) is 58.7 Å². The van der Waals surface area contributed by atoms with Crippen molar-refractivity contribution in [3.63, 3.8) is 0 Å². The number of nitrogens with zero attached hydrogens (tertiary/aromatic N) is 2. The molecule has 34 heavy (non-hydrogen) atoms. The predicted molar refractivity (Wildman–Crippen MR) is 126 cm³/mol. The lowest BCUT2D eigenvalue weighted by molar-refractivity contribution is -0.158. The van der Waals surface area contributed by atoms with Crippen LogP contribution >= 0.6 is 0 Å². The van der Waals surface area contributed by atoms with Gasteiger partial charge in [-0.1, -0.05) is 12.1 Å². The molecule has 186 valence electrons. The standard InChI is InChI=1S/C26H33F3N2O3/c1-6-33-24(32)25(4,5)34-23-18(2)15-22(16-19(23)3)31-13-11-30(12-14-31)17-20-7-9-21(10-8-20)26(27,28)29/h7-10,15-16H,6,11-14,17H2,1-5H3. The van der Waals surface area contributed by atoms with Gasteiger partial charge >= 0.3 is 12.1 Å². The Morgan fingerprint density at radius 2 is 1.53 bits per heavy atom. The molecular formula is C26H33F3N2O3. The number of anilines is 1. The van der Waals surface area contributed by atoms with Gasteiger partial charge in [-0.2, -0.15) is 13.2 Å². The molecule has 1 heterocycles. The van der Waals surface area contributed by atoms with Crippen LogP contribution in [0.15, 0.2) is 36.4 Å². The number of ether oxygens (including phenoxy) is 2. The van der Waals surface area contributed by atoms with Crippen LogP contribution < -0.4 is 9.64 Å². The van der Waals surface area contributed by atoms with Crippen molar-refractivity contribution in [2.45, 2.75) is 52.9 Å². The summed E-state index contributed by atoms with van der Waals surface area (Å²) in [6, 6.07) is 9.52. The van der Waals surface area contributed by atoms with E-state index in [4.69, 9.17) is 9.47 Å². The van der Waals surface area contributed by atoms with Gasteiger partial charge in [0.25, 0.3) is 0 Å². The summed E-state index contributed by atoms with van der Waals surface area (Å²) in [6.45, 7) is 13.3. The van der Waals surface area contributed by atoms with E-state index in [2.05, 4.69) is 21.9 Å². The number of carbonyl (C=O) groups is 1. The predicted octanol–water partition coefficient (Wildman–Crippen LogP) is 5.36. The van der Waals surface area contributed by atoms with Crippen LogP contribution in [0.2, 0.25) is 0 Å². The van der Waals surface area contributed by atoms with Crippen LogP contribution in [-0.4, -0.2) is 49.3 Å². The second-order valence-corrected chi connectivity index (χ2v) is 9.20. The Morgan fingerprint density at radius 1 is 0.971 bits per heavy atom. The van der Waals surface area contributed by atoms with Crippen molar-refractivity contribution in [3.8, 4) is 5.75 Å². The molecule has 0 aliphatic carbocycles. The van der Waals surface area contributed by atoms with Crippen molar-refractivity contribution in [2.75, 3.05) is 37.7 Å². The van der Waals surface area contributed by atoms with Crippen molar-refractivity contribution in [1.29, 1.82) is 0 Å². The molecule has 0 unspecified atom stereocenters. The highest BCUT2D eigenvalue weighted by molar-refractivity contribution is 5.79. The molecule has 3 rings (SSSR count). The maximum Gasteiger partial charge on any atom is 0.416 e. The summed E-state index contributed by atoms with van der Waals surface area (Å²) in [4.78, 5) is 16.8. The summed E-state index contributed by atoms with van der Waals surface area (Å²) in [5.41, 5.74) is 2.14. The fourth-order valence-electron chi connectivity index (χ4n) is 4.09. The van der Waals surface area contributed by atoms with Gasteiger partial charge in [-0.25, -0.2) is 4.79 Å². The minimum absolute atomic E-state index is 0.299. The molecule has 0 amide bonds. The number of hydrogen-bond donors (Lipinski definition) is 0. The van der Waals surface area contributed by atoms with Gasteiger partial charge in [0.15, 0.2) is 5.60 Å². The van der Waals surface area contributed by atoms with E-state index in [1.165, 1.54) is 0 Å². The third kappa shape index (κ3) is 6.23. The van der Waals surface area contributed by atoms with Crippen LogP contribution in [0.1, 0.15) is 43.0 Å². The summed E-state index contributed by atoms with van der Waals surface area (Å²) in [7, 11) is 0. The zero-order valence-electron chi connectivity index (χ0n) is 20.5. The van der Waals surface area contributed by atoms with Gasteiger partial charge in [0, 0.05) is 38.4 Å². The largest absolute Gasteiger partial charge is 0.476 e. The number of esters is 1. The fraction of sp³-hybridized carbons (Fsp3) is 0.500. The molecule has 0 aromatic heterocycles. The first-order chi connectivity index (χ1) is 15.9. The first-order valence-electron chi connectivity index (χ1n) is 11.5. The molecule has 0 saturated carbocycles. The number of carbonyl (C=O) groups excluding carboxylic acids is 1. The Labute approximate surface area is 199 Å². The minimum Gasteiger partial charge on any atom is -0.476 e. The van der Waals surface area contributed by atoms with Gasteiger partial charge in [-0.15, -0.1) is 0 Å². The van der Waals surface area contributed by atoms with E-state index in [1.54, 1.807) is 32.9 Å². The zero-order chi connectivity index (χ0) is 25.1. The highest BCUT2D eigenvalue weighted by Crippen LogP contribution is 2.33. The van der Waals surface area contributed by atoms with E-state index >= 15 is 0 Å². The second-order valence-electron chi connectivity index (χ2n) is 9.20. The molecule has 0 radical (unpaired) electrons. The Hall–Kier alpha value is -2.74. The number of halogens is 3. The quantitative estimate of drug-likeness (QED) is 0.501. The maximum absolute atomic E-state index is 12.8. The summed E-state index contributed by atoms with van der Waals surface area (Å²) in [6.07, 6.45) is -4.31. The molecule has 1 saturated heterocycles. The van der Waals surface area contributed by atoms with E-state index in [9.17, 15) is 18.0 Å². The first-order valence-corrected chi connectivity index (χ1v) is 11.5. The Kier molecular flexibility index (Phi) is 7.81. The number of hydrogen-bond acceptors (Lipinski definition) is 5. The fourth-order valence-corrected chi connectivity index (χ4v) is 4.09. The van der Waals surface area contributed by atoms with Crippen LogP contribution in [0.4, 0.5) is 18.9 Å². The third-order valence-corrected chi connectivity index (χ3v) is 5.99. The van der Waals surface area contributed by atoms with Crippen LogP contribution in [-0.2, 0) is 22.3 Å². The van der Waals surface area contributed by atoms with Gasteiger partial charge in [0.2, 0.25) is 0 Å². The lowest BCUT2D eigenvalue weighted by Crippen LogP contribution is -2.46. The molecule has 8 heteroatoms. The van der Waals surface area contributed by atoms with Crippen molar-refractivity contribution >= 4 is 11.7 Å². The topological polar surface area (TPSA) is 42.0 Å². The molecule has 1 aliphatic rings. The Bertz CT molecular complexity index is 972. The molecule has 1 aliphatic heterocycles. The molecule has 1 fully saturated rings. The highest BCUT2D eigenvalue weighted by Gasteiger charge is 2.33. The van der Waals surface area contributed by atoms with Crippen molar-refractivity contribution in [2.24, 2.45) is 0 Å². The van der Waals surface area contributed by atoms with Crippen molar-refractivity contribution < 1.29 is 27.4 Å². The van der Waals surface area contributed by atoms with E-state index in [1.807, 2.05) is 13.8 Å². The summed E-state index contributed by atoms with van der Waals surface area (Å²) >= 11 is 0. The molecule has 0 bridgehead atoms. The number of piperazine rings is 1. The average Bonchev–Trinajstić information content (AvgIpc) is 2.76. The van der Waals surface area contributed by atoms with Gasteiger partial charge in [0.1, 0.15) is 5.75 Å². The minimum atomic E-state index is -4.31. The van der Waals surface area contributed by atoms with Crippen LogP contribution in [0, 0.1) is 13.8 Å². The smallest absolute Gasteiger partial charge is 0.416 e. The number of aryl methyl sites for hydroxylation is 2. The Balaban J connectivity index is 1.61. The molecule has 0 spiro atoms. The molecule has 0 N–H and O–H groups in total. The Morgan fingerprint density at radius 3 is 2.03 bits per heavy atom. The first kappa shape index (κ1) is 25.9. The SMILES string of the molecule is CCOC(=O)C(C)(C)Oc1c(C)cc(N2CCN(Cc3ccc(C(F)(F)F)cc3)CC2)cc1C. The van der Waals surface area contributed by atoms with E-state index in [-0.39, 0.29) is 0 Å². The van der Waals surface area contributed by atoms with Crippen molar-refractivity contribution in [1.82, 2.24) is 4.90 Å². The van der Waals surface area contributed by atoms with Gasteiger partial charge in [0.05, 0.1) is 12.2 Å². The molecule has 2 aromatic carbocycles.